The van der Waals surface area contributed by atoms with Crippen molar-refractivity contribution in [2.45, 2.75) is 0 Å². The maximum atomic E-state index is 11.9. The fourth-order valence-corrected chi connectivity index (χ4v) is 4.11. The van der Waals surface area contributed by atoms with Crippen LogP contribution in [0, 0.1) is 0 Å². The largest absolute Gasteiger partial charge is 0.378 e. The Hall–Kier alpha value is -1.18. The minimum atomic E-state index is 0.0133. The lowest BCUT2D eigenvalue weighted by molar-refractivity contribution is -0.113. The van der Waals surface area contributed by atoms with E-state index in [1.165, 1.54) is 17.4 Å². The van der Waals surface area contributed by atoms with Crippen molar-refractivity contribution in [2.24, 2.45) is 4.99 Å². The molecule has 0 atom stereocenters. The molecule has 0 radical (unpaired) electrons. The molecule has 0 aromatic heterocycles. The lowest BCUT2D eigenvalue weighted by Gasteiger charge is -2.28. The van der Waals surface area contributed by atoms with Crippen molar-refractivity contribution in [1.29, 1.82) is 0 Å². The lowest BCUT2D eigenvalue weighted by Crippen LogP contribution is -2.36. The van der Waals surface area contributed by atoms with E-state index >= 15 is 0 Å². The van der Waals surface area contributed by atoms with Crippen LogP contribution in [0.3, 0.4) is 0 Å². The number of rotatable bonds is 4. The van der Waals surface area contributed by atoms with Gasteiger partial charge >= 0.3 is 0 Å². The molecule has 1 saturated heterocycles. The topological polar surface area (TPSA) is 53.9 Å². The van der Waals surface area contributed by atoms with Crippen LogP contribution < -0.4 is 10.2 Å². The predicted molar refractivity (Wildman–Crippen MR) is 95.3 cm³/mol. The molecule has 5 nitrogen and oxygen atoms in total. The summed E-state index contributed by atoms with van der Waals surface area (Å²) in [5.74, 6) is 1.46. The molecule has 0 spiro atoms. The highest BCUT2D eigenvalue weighted by Crippen LogP contribution is 2.23. The number of nitrogens with one attached hydrogen (secondary N) is 1. The molecule has 118 valence electrons. The van der Waals surface area contributed by atoms with Crippen molar-refractivity contribution in [3.63, 3.8) is 0 Å². The van der Waals surface area contributed by atoms with E-state index < -0.39 is 0 Å². The molecule has 0 aliphatic carbocycles. The first-order valence-corrected chi connectivity index (χ1v) is 9.31. The average molecular weight is 337 g/mol. The molecule has 22 heavy (non-hydrogen) atoms. The van der Waals surface area contributed by atoms with Gasteiger partial charge < -0.3 is 15.0 Å². The van der Waals surface area contributed by atoms with Crippen molar-refractivity contribution >= 4 is 45.2 Å². The first-order chi connectivity index (χ1) is 10.8. The zero-order valence-corrected chi connectivity index (χ0v) is 13.9. The summed E-state index contributed by atoms with van der Waals surface area (Å²) in [6, 6.07) is 8.00. The predicted octanol–water partition coefficient (Wildman–Crippen LogP) is 2.30. The molecule has 0 saturated carbocycles. The van der Waals surface area contributed by atoms with Gasteiger partial charge in [-0.3, -0.25) is 9.79 Å². The fraction of sp³-hybridized carbons (Fsp3) is 0.467. The number of carbonyl (C=O) groups is 1. The van der Waals surface area contributed by atoms with Crippen LogP contribution in [0.1, 0.15) is 0 Å². The average Bonchev–Trinajstić information content (AvgIpc) is 3.08. The van der Waals surface area contributed by atoms with Gasteiger partial charge in [0.15, 0.2) is 0 Å². The zero-order chi connectivity index (χ0) is 15.2. The summed E-state index contributed by atoms with van der Waals surface area (Å²) in [6.45, 7) is 4.26. The number of carbonyl (C=O) groups excluding carboxylic acids is 1. The fourth-order valence-electron chi connectivity index (χ4n) is 2.30. The van der Waals surface area contributed by atoms with Gasteiger partial charge in [-0.2, -0.15) is 0 Å². The monoisotopic (exact) mass is 337 g/mol. The Morgan fingerprint density at radius 3 is 2.77 bits per heavy atom. The molecule has 2 heterocycles. The third-order valence-electron chi connectivity index (χ3n) is 3.41. The molecule has 3 rings (SSSR count). The van der Waals surface area contributed by atoms with Crippen LogP contribution in [0.5, 0.6) is 0 Å². The normalized spacial score (nSPS) is 18.2. The molecule has 1 amide bonds. The summed E-state index contributed by atoms with van der Waals surface area (Å²) in [4.78, 5) is 18.5. The van der Waals surface area contributed by atoms with E-state index in [1.807, 2.05) is 24.3 Å². The van der Waals surface area contributed by atoms with Gasteiger partial charge in [-0.1, -0.05) is 23.5 Å². The van der Waals surface area contributed by atoms with Crippen LogP contribution in [0.2, 0.25) is 0 Å². The number of ether oxygens (including phenoxy) is 1. The number of anilines is 2. The Labute approximate surface area is 138 Å². The van der Waals surface area contributed by atoms with Crippen molar-refractivity contribution in [2.75, 3.05) is 54.6 Å². The number of thioether (sulfide) groups is 2. The van der Waals surface area contributed by atoms with E-state index in [1.54, 1.807) is 11.8 Å². The zero-order valence-electron chi connectivity index (χ0n) is 12.3. The third kappa shape index (κ3) is 4.41. The van der Waals surface area contributed by atoms with E-state index in [0.29, 0.717) is 5.75 Å². The van der Waals surface area contributed by atoms with Gasteiger partial charge in [0.25, 0.3) is 0 Å². The highest BCUT2D eigenvalue weighted by molar-refractivity contribution is 8.39. The van der Waals surface area contributed by atoms with Gasteiger partial charge in [0.2, 0.25) is 5.91 Å². The first-order valence-electron chi connectivity index (χ1n) is 7.34. The molecule has 2 aliphatic heterocycles. The number of morpholine rings is 1. The van der Waals surface area contributed by atoms with Crippen molar-refractivity contribution in [3.05, 3.63) is 24.3 Å². The number of aliphatic imine (C=N–C) groups is 1. The Bertz CT molecular complexity index is 542. The van der Waals surface area contributed by atoms with Crippen LogP contribution in [0.25, 0.3) is 0 Å². The van der Waals surface area contributed by atoms with Crippen LogP contribution >= 0.6 is 23.5 Å². The Morgan fingerprint density at radius 2 is 2.09 bits per heavy atom. The number of benzene rings is 1. The van der Waals surface area contributed by atoms with Gasteiger partial charge in [-0.25, -0.2) is 0 Å². The molecule has 0 bridgehead atoms. The van der Waals surface area contributed by atoms with E-state index in [9.17, 15) is 4.79 Å². The summed E-state index contributed by atoms with van der Waals surface area (Å²) < 4.78 is 6.38. The maximum absolute atomic E-state index is 11.9. The van der Waals surface area contributed by atoms with E-state index in [-0.39, 0.29) is 5.91 Å². The summed E-state index contributed by atoms with van der Waals surface area (Å²) in [6.07, 6.45) is 0. The SMILES string of the molecule is O=C(CSC1=NCCS1)Nc1ccc(N2CCOCC2)cc1. The van der Waals surface area contributed by atoms with Gasteiger partial charge in [0.1, 0.15) is 4.38 Å². The van der Waals surface area contributed by atoms with Gasteiger partial charge in [0.05, 0.1) is 25.5 Å². The van der Waals surface area contributed by atoms with Crippen molar-refractivity contribution < 1.29 is 9.53 Å². The molecule has 2 aliphatic rings. The minimum absolute atomic E-state index is 0.0133. The second-order valence-electron chi connectivity index (χ2n) is 4.98. The molecule has 1 fully saturated rings. The van der Waals surface area contributed by atoms with Crippen molar-refractivity contribution in [1.82, 2.24) is 0 Å². The Morgan fingerprint density at radius 1 is 1.32 bits per heavy atom. The molecular formula is C15H19N3O2S2. The standard InChI is InChI=1S/C15H19N3O2S2/c19-14(11-22-15-16-5-10-21-15)17-12-1-3-13(4-2-12)18-6-8-20-9-7-18/h1-4H,5-11H2,(H,17,19). The third-order valence-corrected chi connectivity index (χ3v) is 5.66. The Balaban J connectivity index is 1.48. The smallest absolute Gasteiger partial charge is 0.234 e. The van der Waals surface area contributed by atoms with Crippen molar-refractivity contribution in [3.8, 4) is 0 Å². The van der Waals surface area contributed by atoms with Gasteiger partial charge in [0, 0.05) is 30.2 Å². The van der Waals surface area contributed by atoms with Crippen LogP contribution in [-0.4, -0.2) is 54.6 Å². The minimum Gasteiger partial charge on any atom is -0.378 e. The van der Waals surface area contributed by atoms with Crippen LogP contribution in [-0.2, 0) is 9.53 Å². The first kappa shape index (κ1) is 15.7. The maximum Gasteiger partial charge on any atom is 0.234 e. The summed E-state index contributed by atoms with van der Waals surface area (Å²) in [7, 11) is 0. The van der Waals surface area contributed by atoms with Crippen LogP contribution in [0.4, 0.5) is 11.4 Å². The molecule has 1 aromatic rings. The molecule has 1 aromatic carbocycles. The highest BCUT2D eigenvalue weighted by Gasteiger charge is 2.12. The number of nitrogens with zero attached hydrogens (tertiary/aromatic N) is 2. The van der Waals surface area contributed by atoms with E-state index in [2.05, 4.69) is 15.2 Å². The number of hydrogen-bond donors (Lipinski definition) is 1. The molecule has 1 N–H and O–H groups in total. The number of amides is 1. The summed E-state index contributed by atoms with van der Waals surface area (Å²) in [5, 5.41) is 2.93. The lowest BCUT2D eigenvalue weighted by atomic mass is 10.2. The second-order valence-corrected chi connectivity index (χ2v) is 7.29. The van der Waals surface area contributed by atoms with Gasteiger partial charge in [-0.05, 0) is 24.3 Å². The summed E-state index contributed by atoms with van der Waals surface area (Å²) in [5.41, 5.74) is 2.01. The Kier molecular flexibility index (Phi) is 5.64. The quantitative estimate of drug-likeness (QED) is 0.914. The summed E-state index contributed by atoms with van der Waals surface area (Å²) >= 11 is 3.24. The second kappa shape index (κ2) is 7.89. The molecule has 0 unspecified atom stereocenters. The number of hydrogen-bond acceptors (Lipinski definition) is 6. The highest BCUT2D eigenvalue weighted by atomic mass is 32.2. The van der Waals surface area contributed by atoms with E-state index in [0.717, 1.165) is 48.7 Å². The van der Waals surface area contributed by atoms with E-state index in [4.69, 9.17) is 4.74 Å². The molecular weight excluding hydrogens is 318 g/mol. The molecule has 7 heteroatoms. The van der Waals surface area contributed by atoms with Gasteiger partial charge in [-0.15, -0.1) is 0 Å². The van der Waals surface area contributed by atoms with Crippen LogP contribution in [0.15, 0.2) is 29.3 Å².